The van der Waals surface area contributed by atoms with Crippen LogP contribution in [0.3, 0.4) is 0 Å². The third kappa shape index (κ3) is 6.05. The number of carboxylic acid groups (broad SMARTS) is 1. The standard InChI is InChI=1S/C22H26FNO6/c23-17-7-5-15(6-8-17)19-11-12-24(22(28)30-18-3-1-2-4-18)13-16(19)14-29-21(27)10-9-20(25)26/h5-10,16,18-19H,1-4,11-14H2,(H,25,26)/b10-9+/t16-,19-/m0/s1. The van der Waals surface area contributed by atoms with Crippen LogP contribution in [-0.2, 0) is 19.1 Å². The first kappa shape index (κ1) is 21.8. The zero-order valence-corrected chi connectivity index (χ0v) is 16.7. The molecule has 1 N–H and O–H groups in total. The molecule has 1 aliphatic carbocycles. The van der Waals surface area contributed by atoms with Crippen LogP contribution in [-0.4, -0.2) is 53.8 Å². The fourth-order valence-corrected chi connectivity index (χ4v) is 4.12. The van der Waals surface area contributed by atoms with Gasteiger partial charge in [-0.3, -0.25) is 0 Å². The van der Waals surface area contributed by atoms with Crippen LogP contribution in [0.15, 0.2) is 36.4 Å². The largest absolute Gasteiger partial charge is 0.478 e. The number of rotatable bonds is 6. The van der Waals surface area contributed by atoms with Crippen molar-refractivity contribution in [3.63, 3.8) is 0 Å². The lowest BCUT2D eigenvalue weighted by molar-refractivity contribution is -0.140. The Morgan fingerprint density at radius 2 is 1.80 bits per heavy atom. The average molecular weight is 419 g/mol. The van der Waals surface area contributed by atoms with Crippen LogP contribution in [0, 0.1) is 11.7 Å². The summed E-state index contributed by atoms with van der Waals surface area (Å²) in [5.41, 5.74) is 0.905. The zero-order chi connectivity index (χ0) is 21.5. The van der Waals surface area contributed by atoms with Gasteiger partial charge in [0.25, 0.3) is 0 Å². The Morgan fingerprint density at radius 1 is 1.10 bits per heavy atom. The average Bonchev–Trinajstić information content (AvgIpc) is 3.24. The highest BCUT2D eigenvalue weighted by molar-refractivity contribution is 5.90. The summed E-state index contributed by atoms with van der Waals surface area (Å²) in [6, 6.07) is 6.17. The van der Waals surface area contributed by atoms with Crippen LogP contribution in [0.4, 0.5) is 9.18 Å². The van der Waals surface area contributed by atoms with Crippen molar-refractivity contribution in [2.24, 2.45) is 5.92 Å². The lowest BCUT2D eigenvalue weighted by Gasteiger charge is -2.38. The van der Waals surface area contributed by atoms with Crippen LogP contribution in [0.2, 0.25) is 0 Å². The zero-order valence-electron chi connectivity index (χ0n) is 16.7. The van der Waals surface area contributed by atoms with Gasteiger partial charge in [-0.05, 0) is 55.7 Å². The molecule has 1 amide bonds. The van der Waals surface area contributed by atoms with Crippen molar-refractivity contribution >= 4 is 18.0 Å². The summed E-state index contributed by atoms with van der Waals surface area (Å²) in [4.78, 5) is 36.5. The SMILES string of the molecule is O=C(O)/C=C/C(=O)OC[C@@H]1CN(C(=O)OC2CCCC2)CC[C@H]1c1ccc(F)cc1. The highest BCUT2D eigenvalue weighted by Crippen LogP contribution is 2.34. The Labute approximate surface area is 174 Å². The maximum Gasteiger partial charge on any atom is 0.410 e. The van der Waals surface area contributed by atoms with Gasteiger partial charge >= 0.3 is 18.0 Å². The predicted molar refractivity (Wildman–Crippen MR) is 105 cm³/mol. The number of hydrogen-bond acceptors (Lipinski definition) is 5. The smallest absolute Gasteiger partial charge is 0.410 e. The lowest BCUT2D eigenvalue weighted by Crippen LogP contribution is -2.45. The molecule has 0 spiro atoms. The summed E-state index contributed by atoms with van der Waals surface area (Å²) in [6.45, 7) is 0.846. The molecule has 2 aliphatic rings. The highest BCUT2D eigenvalue weighted by atomic mass is 19.1. The summed E-state index contributed by atoms with van der Waals surface area (Å²) in [7, 11) is 0. The Hall–Kier alpha value is -2.90. The molecule has 0 aromatic heterocycles. The van der Waals surface area contributed by atoms with Gasteiger partial charge in [-0.1, -0.05) is 12.1 Å². The van der Waals surface area contributed by atoms with E-state index >= 15 is 0 Å². The molecule has 1 aromatic rings. The number of carbonyl (C=O) groups is 3. The van der Waals surface area contributed by atoms with Crippen molar-refractivity contribution < 1.29 is 33.4 Å². The van der Waals surface area contributed by atoms with E-state index < -0.39 is 11.9 Å². The fourth-order valence-electron chi connectivity index (χ4n) is 4.12. The molecule has 8 heteroatoms. The number of aliphatic carboxylic acids is 1. The number of likely N-dealkylation sites (tertiary alicyclic amines) is 1. The second-order valence-electron chi connectivity index (χ2n) is 7.74. The molecule has 30 heavy (non-hydrogen) atoms. The van der Waals surface area contributed by atoms with Gasteiger partial charge in [0.2, 0.25) is 0 Å². The fraction of sp³-hybridized carbons (Fsp3) is 0.500. The number of amides is 1. The van der Waals surface area contributed by atoms with Gasteiger partial charge in [0.1, 0.15) is 11.9 Å². The van der Waals surface area contributed by atoms with E-state index in [4.69, 9.17) is 14.6 Å². The van der Waals surface area contributed by atoms with Crippen molar-refractivity contribution in [3.8, 4) is 0 Å². The van der Waals surface area contributed by atoms with Gasteiger partial charge in [-0.15, -0.1) is 0 Å². The monoisotopic (exact) mass is 419 g/mol. The molecule has 1 saturated carbocycles. The van der Waals surface area contributed by atoms with E-state index in [1.807, 2.05) is 0 Å². The van der Waals surface area contributed by atoms with Crippen LogP contribution < -0.4 is 0 Å². The molecular weight excluding hydrogens is 393 g/mol. The minimum absolute atomic E-state index is 0.0119. The Kier molecular flexibility index (Phi) is 7.43. The topological polar surface area (TPSA) is 93.1 Å². The number of carbonyl (C=O) groups excluding carboxylic acids is 2. The number of ether oxygens (including phenoxy) is 2. The first-order chi connectivity index (χ1) is 14.4. The van der Waals surface area contributed by atoms with Crippen molar-refractivity contribution in [2.45, 2.75) is 44.1 Å². The van der Waals surface area contributed by atoms with E-state index in [0.29, 0.717) is 25.6 Å². The maximum absolute atomic E-state index is 13.3. The number of esters is 1. The molecule has 0 unspecified atom stereocenters. The van der Waals surface area contributed by atoms with E-state index in [9.17, 15) is 18.8 Å². The molecule has 2 fully saturated rings. The number of nitrogens with zero attached hydrogens (tertiary/aromatic N) is 1. The quantitative estimate of drug-likeness (QED) is 0.560. The van der Waals surface area contributed by atoms with Crippen molar-refractivity contribution in [3.05, 3.63) is 47.8 Å². The summed E-state index contributed by atoms with van der Waals surface area (Å²) in [5.74, 6) is -2.59. The summed E-state index contributed by atoms with van der Waals surface area (Å²) in [6.07, 6.45) is 5.68. The van der Waals surface area contributed by atoms with Crippen molar-refractivity contribution in [1.29, 1.82) is 0 Å². The molecule has 3 rings (SSSR count). The molecule has 7 nitrogen and oxygen atoms in total. The van der Waals surface area contributed by atoms with Gasteiger partial charge in [-0.2, -0.15) is 0 Å². The number of halogens is 1. The highest BCUT2D eigenvalue weighted by Gasteiger charge is 2.35. The van der Waals surface area contributed by atoms with Crippen LogP contribution in [0.5, 0.6) is 0 Å². The number of benzene rings is 1. The second kappa shape index (κ2) is 10.2. The summed E-state index contributed by atoms with van der Waals surface area (Å²) < 4.78 is 24.1. The number of piperidine rings is 1. The van der Waals surface area contributed by atoms with Crippen LogP contribution in [0.1, 0.15) is 43.6 Å². The Morgan fingerprint density at radius 3 is 2.47 bits per heavy atom. The third-order valence-electron chi connectivity index (χ3n) is 5.66. The molecule has 1 heterocycles. The van der Waals surface area contributed by atoms with Crippen molar-refractivity contribution in [1.82, 2.24) is 4.90 Å². The first-order valence-electron chi connectivity index (χ1n) is 10.2. The molecule has 162 valence electrons. The molecule has 2 atom stereocenters. The predicted octanol–water partition coefficient (Wildman–Crippen LogP) is 3.49. The van der Waals surface area contributed by atoms with E-state index in [-0.39, 0.29) is 36.5 Å². The first-order valence-corrected chi connectivity index (χ1v) is 10.2. The summed E-state index contributed by atoms with van der Waals surface area (Å²) >= 11 is 0. The summed E-state index contributed by atoms with van der Waals surface area (Å²) in [5, 5.41) is 8.62. The van der Waals surface area contributed by atoms with Crippen molar-refractivity contribution in [2.75, 3.05) is 19.7 Å². The molecule has 1 saturated heterocycles. The second-order valence-corrected chi connectivity index (χ2v) is 7.74. The Balaban J connectivity index is 1.66. The van der Waals surface area contributed by atoms with E-state index in [0.717, 1.165) is 37.3 Å². The van der Waals surface area contributed by atoms with E-state index in [2.05, 4.69) is 0 Å². The van der Waals surface area contributed by atoms with E-state index in [1.165, 1.54) is 12.1 Å². The Bertz CT molecular complexity index is 787. The van der Waals surface area contributed by atoms with Gasteiger partial charge in [-0.25, -0.2) is 18.8 Å². The van der Waals surface area contributed by atoms with Gasteiger partial charge in [0.05, 0.1) is 6.61 Å². The molecule has 1 aliphatic heterocycles. The third-order valence-corrected chi connectivity index (χ3v) is 5.66. The molecule has 0 bridgehead atoms. The maximum atomic E-state index is 13.3. The minimum atomic E-state index is -1.24. The molecule has 0 radical (unpaired) electrons. The molecular formula is C22H26FNO6. The number of hydrogen-bond donors (Lipinski definition) is 1. The van der Waals surface area contributed by atoms with Crippen LogP contribution in [0.25, 0.3) is 0 Å². The normalized spacial score (nSPS) is 22.2. The van der Waals surface area contributed by atoms with Gasteiger partial charge < -0.3 is 19.5 Å². The number of carboxylic acids is 1. The molecule has 1 aromatic carbocycles. The van der Waals surface area contributed by atoms with Gasteiger partial charge in [0.15, 0.2) is 0 Å². The lowest BCUT2D eigenvalue weighted by atomic mass is 9.81. The van der Waals surface area contributed by atoms with E-state index in [1.54, 1.807) is 17.0 Å². The van der Waals surface area contributed by atoms with Gasteiger partial charge in [0, 0.05) is 31.2 Å². The minimum Gasteiger partial charge on any atom is -0.478 e. The van der Waals surface area contributed by atoms with Crippen LogP contribution >= 0.6 is 0 Å².